The van der Waals surface area contributed by atoms with Crippen molar-refractivity contribution in [1.82, 2.24) is 0 Å². The highest BCUT2D eigenvalue weighted by atomic mass is 35.5. The van der Waals surface area contributed by atoms with Crippen molar-refractivity contribution in [3.63, 3.8) is 0 Å². The number of benzene rings is 2. The number of ether oxygens (including phenoxy) is 1. The van der Waals surface area contributed by atoms with Crippen LogP contribution in [0.2, 0.25) is 5.02 Å². The van der Waals surface area contributed by atoms with E-state index in [2.05, 4.69) is 5.32 Å². The average molecular weight is 311 g/mol. The number of rotatable bonds is 5. The first kappa shape index (κ1) is 15.1. The molecule has 0 aliphatic carbocycles. The summed E-state index contributed by atoms with van der Waals surface area (Å²) < 4.78 is 17.8. The zero-order valence-corrected chi connectivity index (χ0v) is 11.9. The number of nitrogens with zero attached hydrogens (tertiary/aromatic N) is 1. The van der Waals surface area contributed by atoms with Crippen molar-refractivity contribution in [2.24, 2.45) is 0 Å². The summed E-state index contributed by atoms with van der Waals surface area (Å²) in [4.78, 5) is 10.6. The monoisotopic (exact) mass is 310 g/mol. The zero-order chi connectivity index (χ0) is 15.4. The number of methoxy groups -OCH3 is 1. The van der Waals surface area contributed by atoms with Crippen molar-refractivity contribution in [1.29, 1.82) is 0 Å². The quantitative estimate of drug-likeness (QED) is 0.669. The highest BCUT2D eigenvalue weighted by Gasteiger charge is 2.18. The normalized spacial score (nSPS) is 10.2. The molecule has 1 N–H and O–H groups in total. The molecule has 0 saturated heterocycles. The Morgan fingerprint density at radius 1 is 1.33 bits per heavy atom. The summed E-state index contributed by atoms with van der Waals surface area (Å²) >= 11 is 5.97. The van der Waals surface area contributed by atoms with Crippen molar-refractivity contribution >= 4 is 23.0 Å². The number of nitrogens with one attached hydrogen (secondary N) is 1. The minimum absolute atomic E-state index is 0.140. The second kappa shape index (κ2) is 6.41. The topological polar surface area (TPSA) is 64.4 Å². The average Bonchev–Trinajstić information content (AvgIpc) is 2.46. The first-order chi connectivity index (χ1) is 10.0. The number of nitro groups is 1. The fraction of sp³-hybridized carbons (Fsp3) is 0.143. The van der Waals surface area contributed by atoms with E-state index in [0.29, 0.717) is 6.54 Å². The van der Waals surface area contributed by atoms with E-state index >= 15 is 0 Å². The minimum atomic E-state index is -0.522. The lowest BCUT2D eigenvalue weighted by Crippen LogP contribution is -2.03. The molecule has 5 nitrogen and oxygen atoms in total. The molecule has 110 valence electrons. The first-order valence-corrected chi connectivity index (χ1v) is 6.39. The van der Waals surface area contributed by atoms with Crippen LogP contribution >= 0.6 is 11.6 Å². The standard InChI is InChI=1S/C14H12ClFN2O3/c1-21-14-7-13(18(19)20)12(6-11(14)15)17-8-9-2-4-10(16)5-3-9/h2-7,17H,8H2,1H3. The third kappa shape index (κ3) is 3.61. The molecule has 0 amide bonds. The summed E-state index contributed by atoms with van der Waals surface area (Å²) in [5.41, 5.74) is 0.922. The molecule has 2 aromatic rings. The minimum Gasteiger partial charge on any atom is -0.495 e. The molecule has 0 saturated carbocycles. The molecule has 0 heterocycles. The van der Waals surface area contributed by atoms with E-state index in [4.69, 9.17) is 16.3 Å². The summed E-state index contributed by atoms with van der Waals surface area (Å²) in [6.07, 6.45) is 0. The molecule has 0 aromatic heterocycles. The fourth-order valence-electron chi connectivity index (χ4n) is 1.79. The van der Waals surface area contributed by atoms with Crippen LogP contribution in [0.4, 0.5) is 15.8 Å². The molecule has 0 aliphatic rings. The molecular weight excluding hydrogens is 299 g/mol. The van der Waals surface area contributed by atoms with Gasteiger partial charge < -0.3 is 10.1 Å². The van der Waals surface area contributed by atoms with Gasteiger partial charge in [-0.2, -0.15) is 0 Å². The van der Waals surface area contributed by atoms with Gasteiger partial charge in [0.2, 0.25) is 0 Å². The molecular formula is C14H12ClFN2O3. The first-order valence-electron chi connectivity index (χ1n) is 6.01. The lowest BCUT2D eigenvalue weighted by atomic mass is 10.2. The van der Waals surface area contributed by atoms with Gasteiger partial charge in [-0.05, 0) is 23.8 Å². The van der Waals surface area contributed by atoms with Gasteiger partial charge in [0.05, 0.1) is 23.1 Å². The number of hydrogen-bond donors (Lipinski definition) is 1. The molecule has 2 aromatic carbocycles. The maximum absolute atomic E-state index is 12.8. The SMILES string of the molecule is COc1cc([N+](=O)[O-])c(NCc2ccc(F)cc2)cc1Cl. The van der Waals surface area contributed by atoms with Crippen LogP contribution in [0.15, 0.2) is 36.4 Å². The molecule has 7 heteroatoms. The van der Waals surface area contributed by atoms with Crippen LogP contribution in [-0.4, -0.2) is 12.0 Å². The van der Waals surface area contributed by atoms with Crippen molar-refractivity contribution in [3.05, 3.63) is 62.9 Å². The fourth-order valence-corrected chi connectivity index (χ4v) is 2.03. The predicted octanol–water partition coefficient (Wildman–Crippen LogP) is 4.01. The maximum Gasteiger partial charge on any atom is 0.296 e. The largest absolute Gasteiger partial charge is 0.495 e. The van der Waals surface area contributed by atoms with Crippen LogP contribution in [0, 0.1) is 15.9 Å². The number of anilines is 1. The number of nitro benzene ring substituents is 1. The summed E-state index contributed by atoms with van der Waals surface area (Å²) in [7, 11) is 1.39. The molecule has 21 heavy (non-hydrogen) atoms. The van der Waals surface area contributed by atoms with Gasteiger partial charge in [0.1, 0.15) is 17.3 Å². The summed E-state index contributed by atoms with van der Waals surface area (Å²) in [6.45, 7) is 0.309. The Kier molecular flexibility index (Phi) is 4.59. The van der Waals surface area contributed by atoms with Crippen LogP contribution in [0.5, 0.6) is 5.75 Å². The Labute approximate surface area is 125 Å². The second-order valence-corrected chi connectivity index (χ2v) is 4.65. The molecule has 0 atom stereocenters. The van der Waals surface area contributed by atoms with Crippen LogP contribution < -0.4 is 10.1 Å². The molecule has 0 unspecified atom stereocenters. The van der Waals surface area contributed by atoms with Gasteiger partial charge in [-0.3, -0.25) is 10.1 Å². The number of halogens is 2. The van der Waals surface area contributed by atoms with Gasteiger partial charge in [0.15, 0.2) is 0 Å². The van der Waals surface area contributed by atoms with E-state index < -0.39 is 4.92 Å². The summed E-state index contributed by atoms with van der Waals surface area (Å²) in [5.74, 6) is -0.104. The lowest BCUT2D eigenvalue weighted by molar-refractivity contribution is -0.384. The Hall–Kier alpha value is -2.34. The molecule has 0 aliphatic heterocycles. The van der Waals surface area contributed by atoms with E-state index in [-0.39, 0.29) is 28.0 Å². The Morgan fingerprint density at radius 2 is 2.00 bits per heavy atom. The third-order valence-electron chi connectivity index (χ3n) is 2.86. The molecule has 0 radical (unpaired) electrons. The van der Waals surface area contributed by atoms with Crippen molar-refractivity contribution in [2.45, 2.75) is 6.54 Å². The maximum atomic E-state index is 12.8. The van der Waals surface area contributed by atoms with Gasteiger partial charge in [0, 0.05) is 6.54 Å². The molecule has 0 spiro atoms. The van der Waals surface area contributed by atoms with Gasteiger partial charge in [-0.25, -0.2) is 4.39 Å². The van der Waals surface area contributed by atoms with Gasteiger partial charge in [0.25, 0.3) is 5.69 Å². The predicted molar refractivity (Wildman–Crippen MR) is 78.4 cm³/mol. The molecule has 0 bridgehead atoms. The highest BCUT2D eigenvalue weighted by Crippen LogP contribution is 2.35. The summed E-state index contributed by atoms with van der Waals surface area (Å²) in [5, 5.41) is 14.3. The molecule has 2 rings (SSSR count). The van der Waals surface area contributed by atoms with Crippen molar-refractivity contribution in [2.75, 3.05) is 12.4 Å². The Bertz CT molecular complexity index is 662. The van der Waals surface area contributed by atoms with Gasteiger partial charge in [-0.15, -0.1) is 0 Å². The van der Waals surface area contributed by atoms with Crippen LogP contribution in [0.1, 0.15) is 5.56 Å². The smallest absolute Gasteiger partial charge is 0.296 e. The van der Waals surface area contributed by atoms with Gasteiger partial charge in [-0.1, -0.05) is 23.7 Å². The van der Waals surface area contributed by atoms with Crippen LogP contribution in [0.3, 0.4) is 0 Å². The van der Waals surface area contributed by atoms with E-state index in [1.807, 2.05) is 0 Å². The van der Waals surface area contributed by atoms with Crippen LogP contribution in [-0.2, 0) is 6.54 Å². The van der Waals surface area contributed by atoms with E-state index in [0.717, 1.165) is 5.56 Å². The highest BCUT2D eigenvalue weighted by molar-refractivity contribution is 6.32. The summed E-state index contributed by atoms with van der Waals surface area (Å²) in [6, 6.07) is 8.54. The van der Waals surface area contributed by atoms with Crippen molar-refractivity contribution < 1.29 is 14.1 Å². The van der Waals surface area contributed by atoms with Crippen LogP contribution in [0.25, 0.3) is 0 Å². The van der Waals surface area contributed by atoms with Crippen molar-refractivity contribution in [3.8, 4) is 5.75 Å². The van der Waals surface area contributed by atoms with E-state index in [9.17, 15) is 14.5 Å². The number of hydrogen-bond acceptors (Lipinski definition) is 4. The molecule has 0 fully saturated rings. The second-order valence-electron chi connectivity index (χ2n) is 4.24. The lowest BCUT2D eigenvalue weighted by Gasteiger charge is -2.10. The Balaban J connectivity index is 2.24. The third-order valence-corrected chi connectivity index (χ3v) is 3.16. The van der Waals surface area contributed by atoms with E-state index in [1.54, 1.807) is 12.1 Å². The Morgan fingerprint density at radius 3 is 2.57 bits per heavy atom. The van der Waals surface area contributed by atoms with Gasteiger partial charge >= 0.3 is 0 Å². The van der Waals surface area contributed by atoms with E-state index in [1.165, 1.54) is 31.4 Å². The zero-order valence-electron chi connectivity index (χ0n) is 11.1.